The number of alkyl halides is 2. The summed E-state index contributed by atoms with van der Waals surface area (Å²) >= 11 is 0. The summed E-state index contributed by atoms with van der Waals surface area (Å²) in [7, 11) is 0. The molecule has 8 nitrogen and oxygen atoms in total. The maximum Gasteiger partial charge on any atom is 0.586 e. The van der Waals surface area contributed by atoms with Crippen LogP contribution >= 0.6 is 0 Å². The monoisotopic (exact) mass is 421 g/mol. The average Bonchev–Trinajstić information content (AvgIpc) is 2.97. The molecule has 1 unspecified atom stereocenters. The van der Waals surface area contributed by atoms with Gasteiger partial charge in [0.15, 0.2) is 18.1 Å². The molecule has 3 aliphatic carbocycles. The van der Waals surface area contributed by atoms with Crippen LogP contribution in [-0.4, -0.2) is 48.6 Å². The lowest BCUT2D eigenvalue weighted by Gasteiger charge is -2.70. The molecule has 3 saturated carbocycles. The first-order valence-corrected chi connectivity index (χ1v) is 9.91. The van der Waals surface area contributed by atoms with Gasteiger partial charge in [0, 0.05) is 29.9 Å². The van der Waals surface area contributed by atoms with Crippen molar-refractivity contribution in [1.29, 1.82) is 0 Å². The van der Waals surface area contributed by atoms with E-state index in [4.69, 9.17) is 4.74 Å². The van der Waals surface area contributed by atoms with E-state index in [1.165, 1.54) is 18.2 Å². The fourth-order valence-electron chi connectivity index (χ4n) is 4.78. The molecule has 2 N–H and O–H groups in total. The zero-order valence-electron chi connectivity index (χ0n) is 16.1. The van der Waals surface area contributed by atoms with Crippen molar-refractivity contribution in [3.05, 3.63) is 18.2 Å². The maximum absolute atomic E-state index is 13.1. The number of halogens is 2. The Kier molecular flexibility index (Phi) is 4.16. The zero-order valence-corrected chi connectivity index (χ0v) is 16.1. The standard InChI is InChI=1S/C20H21F2N3O5/c21-20(22)29-14-4-3-13(6-15(14)30-20)28-8-16(26)24-18-9-19(10-18,11-18)25-17(27)12-2-1-5-23-7-12/h3-4,6-7,12H,1-2,5,8-11H2,(H,24,26)(H,25,27). The second kappa shape index (κ2) is 6.55. The number of aliphatic imine (C=N–C) groups is 1. The number of rotatable bonds is 6. The van der Waals surface area contributed by atoms with E-state index in [0.717, 1.165) is 19.4 Å². The minimum Gasteiger partial charge on any atom is -0.484 e. The molecule has 10 heteroatoms. The topological polar surface area (TPSA) is 98.3 Å². The van der Waals surface area contributed by atoms with Crippen molar-refractivity contribution in [2.45, 2.75) is 49.5 Å². The number of ether oxygens (including phenoxy) is 3. The molecule has 30 heavy (non-hydrogen) atoms. The number of nitrogens with one attached hydrogen (secondary N) is 2. The molecule has 1 atom stereocenters. The van der Waals surface area contributed by atoms with Gasteiger partial charge >= 0.3 is 6.29 Å². The summed E-state index contributed by atoms with van der Waals surface area (Å²) in [5.74, 6) is -0.462. The van der Waals surface area contributed by atoms with Crippen molar-refractivity contribution in [2.75, 3.05) is 13.2 Å². The summed E-state index contributed by atoms with van der Waals surface area (Å²) in [5, 5.41) is 6.07. The maximum atomic E-state index is 13.1. The Balaban J connectivity index is 1.07. The molecular weight excluding hydrogens is 400 g/mol. The molecule has 160 valence electrons. The van der Waals surface area contributed by atoms with Gasteiger partial charge < -0.3 is 24.8 Å². The minimum atomic E-state index is -3.70. The highest BCUT2D eigenvalue weighted by atomic mass is 19.3. The van der Waals surface area contributed by atoms with Crippen LogP contribution in [0.5, 0.6) is 17.2 Å². The van der Waals surface area contributed by atoms with Crippen molar-refractivity contribution < 1.29 is 32.6 Å². The van der Waals surface area contributed by atoms with Crippen LogP contribution in [-0.2, 0) is 9.59 Å². The fraction of sp³-hybridized carbons (Fsp3) is 0.550. The van der Waals surface area contributed by atoms with E-state index in [0.29, 0.717) is 19.3 Å². The first-order chi connectivity index (χ1) is 14.3. The minimum absolute atomic E-state index is 0.00907. The van der Waals surface area contributed by atoms with E-state index in [1.54, 1.807) is 6.21 Å². The summed E-state index contributed by atoms with van der Waals surface area (Å²) in [5.41, 5.74) is -0.523. The molecule has 0 saturated heterocycles. The number of hydrogen-bond acceptors (Lipinski definition) is 6. The van der Waals surface area contributed by atoms with Crippen LogP contribution in [0.4, 0.5) is 8.78 Å². The molecule has 2 amide bonds. The van der Waals surface area contributed by atoms with Crippen molar-refractivity contribution in [2.24, 2.45) is 10.9 Å². The lowest BCUT2D eigenvalue weighted by molar-refractivity contribution is -0.286. The fourth-order valence-corrected chi connectivity index (χ4v) is 4.78. The molecule has 5 aliphatic rings. The third-order valence-electron chi connectivity index (χ3n) is 5.99. The number of nitrogens with zero attached hydrogens (tertiary/aromatic N) is 1. The van der Waals surface area contributed by atoms with Gasteiger partial charge in [-0.25, -0.2) is 0 Å². The van der Waals surface area contributed by atoms with Crippen molar-refractivity contribution >= 4 is 18.0 Å². The van der Waals surface area contributed by atoms with Gasteiger partial charge in [-0.1, -0.05) is 0 Å². The Hall–Kier alpha value is -2.91. The smallest absolute Gasteiger partial charge is 0.484 e. The summed E-state index contributed by atoms with van der Waals surface area (Å²) in [6, 6.07) is 3.98. The molecule has 0 radical (unpaired) electrons. The van der Waals surface area contributed by atoms with Gasteiger partial charge in [-0.2, -0.15) is 0 Å². The molecule has 0 aromatic heterocycles. The molecule has 0 spiro atoms. The quantitative estimate of drug-likeness (QED) is 0.730. The number of hydrogen-bond donors (Lipinski definition) is 2. The summed E-state index contributed by atoms with van der Waals surface area (Å²) in [4.78, 5) is 28.8. The van der Waals surface area contributed by atoms with E-state index in [1.807, 2.05) is 0 Å². The molecule has 2 aliphatic heterocycles. The van der Waals surface area contributed by atoms with E-state index in [9.17, 15) is 18.4 Å². The number of fused-ring (bicyclic) bond motifs is 1. The highest BCUT2D eigenvalue weighted by Crippen LogP contribution is 2.60. The Morgan fingerprint density at radius 2 is 1.87 bits per heavy atom. The first kappa shape index (κ1) is 19.1. The number of carbonyl (C=O) groups excluding carboxylic acids is 2. The van der Waals surface area contributed by atoms with Crippen molar-refractivity contribution in [3.63, 3.8) is 0 Å². The van der Waals surface area contributed by atoms with Crippen molar-refractivity contribution in [1.82, 2.24) is 10.6 Å². The number of carbonyl (C=O) groups is 2. The normalized spacial score (nSPS) is 31.9. The Morgan fingerprint density at radius 3 is 2.60 bits per heavy atom. The zero-order chi connectivity index (χ0) is 21.0. The predicted octanol–water partition coefficient (Wildman–Crippen LogP) is 1.78. The lowest BCUT2D eigenvalue weighted by atomic mass is 9.44. The van der Waals surface area contributed by atoms with Gasteiger partial charge in [0.05, 0.1) is 5.92 Å². The molecule has 3 fully saturated rings. The second-order valence-electron chi connectivity index (χ2n) is 8.50. The summed E-state index contributed by atoms with van der Waals surface area (Å²) < 4.78 is 40.2. The molecule has 1 aromatic carbocycles. The van der Waals surface area contributed by atoms with Crippen LogP contribution in [0.15, 0.2) is 23.2 Å². The van der Waals surface area contributed by atoms with Crippen LogP contribution in [0.3, 0.4) is 0 Å². The molecule has 2 bridgehead atoms. The second-order valence-corrected chi connectivity index (χ2v) is 8.50. The van der Waals surface area contributed by atoms with E-state index in [2.05, 4.69) is 25.1 Å². The van der Waals surface area contributed by atoms with Crippen LogP contribution in [0.1, 0.15) is 32.1 Å². The predicted molar refractivity (Wildman–Crippen MR) is 99.8 cm³/mol. The van der Waals surface area contributed by atoms with Crippen LogP contribution in [0.25, 0.3) is 0 Å². The Morgan fingerprint density at radius 1 is 1.13 bits per heavy atom. The van der Waals surface area contributed by atoms with E-state index in [-0.39, 0.29) is 52.7 Å². The third-order valence-corrected chi connectivity index (χ3v) is 5.99. The van der Waals surface area contributed by atoms with Gasteiger partial charge in [-0.3, -0.25) is 14.6 Å². The lowest BCUT2D eigenvalue weighted by Crippen LogP contribution is -2.84. The number of amides is 2. The highest BCUT2D eigenvalue weighted by molar-refractivity contribution is 5.94. The van der Waals surface area contributed by atoms with Gasteiger partial charge in [0.2, 0.25) is 5.91 Å². The van der Waals surface area contributed by atoms with E-state index < -0.39 is 6.29 Å². The Labute approximate surface area is 171 Å². The van der Waals surface area contributed by atoms with Gasteiger partial charge in [-0.05, 0) is 44.2 Å². The average molecular weight is 421 g/mol. The highest BCUT2D eigenvalue weighted by Gasteiger charge is 2.69. The van der Waals surface area contributed by atoms with Gasteiger partial charge in [0.25, 0.3) is 5.91 Å². The van der Waals surface area contributed by atoms with Gasteiger partial charge in [0.1, 0.15) is 5.75 Å². The van der Waals surface area contributed by atoms with Crippen LogP contribution in [0.2, 0.25) is 0 Å². The number of benzene rings is 1. The molecule has 2 heterocycles. The van der Waals surface area contributed by atoms with E-state index >= 15 is 0 Å². The third kappa shape index (κ3) is 3.44. The van der Waals surface area contributed by atoms with Crippen LogP contribution < -0.4 is 24.8 Å². The molecular formula is C20H21F2N3O5. The van der Waals surface area contributed by atoms with Crippen LogP contribution in [0, 0.1) is 5.92 Å². The summed E-state index contributed by atoms with van der Waals surface area (Å²) in [6.45, 7) is 0.528. The molecule has 1 aromatic rings. The molecule has 6 rings (SSSR count). The largest absolute Gasteiger partial charge is 0.586 e. The van der Waals surface area contributed by atoms with Crippen molar-refractivity contribution in [3.8, 4) is 17.2 Å². The first-order valence-electron chi connectivity index (χ1n) is 9.91. The summed E-state index contributed by atoms with van der Waals surface area (Å²) in [6.07, 6.45) is 1.87. The Bertz CT molecular complexity index is 915. The SMILES string of the molecule is O=C(COc1ccc2c(c1)OC(F)(F)O2)NC12CC(NC(=O)C3C=NCCC3)(C1)C2. The van der Waals surface area contributed by atoms with Gasteiger partial charge in [-0.15, -0.1) is 8.78 Å².